The van der Waals surface area contributed by atoms with Gasteiger partial charge in [-0.15, -0.1) is 0 Å². The molecular formula is C18H18ClN3O3S. The quantitative estimate of drug-likeness (QED) is 0.635. The third-order valence-electron chi connectivity index (χ3n) is 3.52. The molecule has 3 rings (SSSR count). The Morgan fingerprint density at radius 1 is 1.35 bits per heavy atom. The molecule has 2 heterocycles. The molecule has 0 radical (unpaired) electrons. The first-order chi connectivity index (χ1) is 12.5. The van der Waals surface area contributed by atoms with Crippen LogP contribution in [0.4, 0.5) is 0 Å². The summed E-state index contributed by atoms with van der Waals surface area (Å²) < 4.78 is 12.3. The van der Waals surface area contributed by atoms with Crippen molar-refractivity contribution in [1.29, 1.82) is 0 Å². The average molecular weight is 392 g/mol. The van der Waals surface area contributed by atoms with Crippen molar-refractivity contribution in [1.82, 2.24) is 14.6 Å². The van der Waals surface area contributed by atoms with Gasteiger partial charge in [-0.1, -0.05) is 35.9 Å². The highest BCUT2D eigenvalue weighted by Crippen LogP contribution is 2.31. The van der Waals surface area contributed by atoms with E-state index in [1.54, 1.807) is 20.1 Å². The van der Waals surface area contributed by atoms with Crippen molar-refractivity contribution < 1.29 is 9.47 Å². The van der Waals surface area contributed by atoms with Gasteiger partial charge in [-0.25, -0.2) is 4.98 Å². The van der Waals surface area contributed by atoms with E-state index in [1.165, 1.54) is 21.9 Å². The van der Waals surface area contributed by atoms with Crippen LogP contribution >= 0.6 is 22.9 Å². The number of benzene rings is 1. The molecule has 3 aromatic rings. The van der Waals surface area contributed by atoms with Gasteiger partial charge in [-0.3, -0.25) is 4.79 Å². The van der Waals surface area contributed by atoms with E-state index in [0.29, 0.717) is 38.8 Å². The van der Waals surface area contributed by atoms with E-state index < -0.39 is 0 Å². The number of methoxy groups -OCH3 is 1. The highest BCUT2D eigenvalue weighted by molar-refractivity contribution is 7.18. The number of halogens is 1. The van der Waals surface area contributed by atoms with Crippen molar-refractivity contribution in [2.45, 2.75) is 20.3 Å². The van der Waals surface area contributed by atoms with Gasteiger partial charge in [0.15, 0.2) is 16.5 Å². The normalized spacial score (nSPS) is 11.8. The third kappa shape index (κ3) is 3.89. The van der Waals surface area contributed by atoms with Crippen molar-refractivity contribution in [2.24, 2.45) is 0 Å². The largest absolute Gasteiger partial charge is 0.493 e. The predicted octanol–water partition coefficient (Wildman–Crippen LogP) is 3.99. The van der Waals surface area contributed by atoms with Crippen LogP contribution < -0.4 is 15.0 Å². The monoisotopic (exact) mass is 391 g/mol. The van der Waals surface area contributed by atoms with Crippen LogP contribution in [0.2, 0.25) is 0 Å². The Kier molecular flexibility index (Phi) is 5.58. The summed E-state index contributed by atoms with van der Waals surface area (Å²) in [4.78, 5) is 16.8. The molecular weight excluding hydrogens is 374 g/mol. The van der Waals surface area contributed by atoms with E-state index in [1.807, 2.05) is 25.1 Å². The first-order valence-electron chi connectivity index (χ1n) is 8.07. The van der Waals surface area contributed by atoms with Crippen molar-refractivity contribution >= 4 is 39.0 Å². The first kappa shape index (κ1) is 18.4. The number of ether oxygens (including phenoxy) is 2. The number of fused-ring (bicyclic) bond motifs is 1. The van der Waals surface area contributed by atoms with Gasteiger partial charge in [0.25, 0.3) is 5.56 Å². The third-order valence-corrected chi connectivity index (χ3v) is 4.86. The van der Waals surface area contributed by atoms with E-state index in [2.05, 4.69) is 10.1 Å². The summed E-state index contributed by atoms with van der Waals surface area (Å²) in [5.74, 6) is 1.32. The molecule has 136 valence electrons. The summed E-state index contributed by atoms with van der Waals surface area (Å²) in [6.07, 6.45) is 2.68. The number of aromatic nitrogens is 3. The van der Waals surface area contributed by atoms with Gasteiger partial charge >= 0.3 is 0 Å². The topological polar surface area (TPSA) is 65.7 Å². The molecule has 6 nitrogen and oxygen atoms in total. The lowest BCUT2D eigenvalue weighted by Crippen LogP contribution is -2.14. The highest BCUT2D eigenvalue weighted by atomic mass is 35.5. The molecule has 1 aromatic carbocycles. The maximum Gasteiger partial charge on any atom is 0.275 e. The maximum atomic E-state index is 12.0. The summed E-state index contributed by atoms with van der Waals surface area (Å²) in [5.41, 5.74) is 1.27. The zero-order valence-electron chi connectivity index (χ0n) is 14.7. The maximum absolute atomic E-state index is 12.0. The summed E-state index contributed by atoms with van der Waals surface area (Å²) in [7, 11) is 1.59. The van der Waals surface area contributed by atoms with Crippen LogP contribution in [0.5, 0.6) is 11.5 Å². The molecule has 0 saturated heterocycles. The first-order valence-corrected chi connectivity index (χ1v) is 9.27. The summed E-state index contributed by atoms with van der Waals surface area (Å²) >= 11 is 7.68. The number of hydrogen-bond acceptors (Lipinski definition) is 6. The Hall–Kier alpha value is -2.38. The molecule has 26 heavy (non-hydrogen) atoms. The smallest absolute Gasteiger partial charge is 0.275 e. The second-order valence-electron chi connectivity index (χ2n) is 5.59. The standard InChI is InChI=1S/C18H18ClN3O3S/c1-4-7-25-14-6-5-12(10-15(14)24-3)9-13(19)17-21-22-16(23)8-11(2)20-18(22)26-17/h5-6,8-10H,4,7H2,1-3H3/b13-9-. The Morgan fingerprint density at radius 2 is 2.15 bits per heavy atom. The van der Waals surface area contributed by atoms with Gasteiger partial charge in [-0.05, 0) is 37.1 Å². The Bertz CT molecular complexity index is 1030. The van der Waals surface area contributed by atoms with Gasteiger partial charge < -0.3 is 9.47 Å². The van der Waals surface area contributed by atoms with Crippen LogP contribution in [0.25, 0.3) is 16.1 Å². The van der Waals surface area contributed by atoms with Crippen molar-refractivity contribution in [3.63, 3.8) is 0 Å². The Morgan fingerprint density at radius 3 is 2.88 bits per heavy atom. The van der Waals surface area contributed by atoms with Crippen molar-refractivity contribution in [3.05, 3.63) is 50.9 Å². The van der Waals surface area contributed by atoms with Crippen LogP contribution in [0.1, 0.15) is 29.6 Å². The number of aryl methyl sites for hydroxylation is 1. The molecule has 0 spiro atoms. The molecule has 0 aliphatic carbocycles. The average Bonchev–Trinajstić information content (AvgIpc) is 3.05. The molecule has 0 aliphatic rings. The minimum atomic E-state index is -0.224. The number of nitrogens with zero attached hydrogens (tertiary/aromatic N) is 3. The summed E-state index contributed by atoms with van der Waals surface area (Å²) in [6.45, 7) is 4.44. The van der Waals surface area contributed by atoms with Gasteiger partial charge in [-0.2, -0.15) is 9.61 Å². The van der Waals surface area contributed by atoms with Crippen LogP contribution in [-0.2, 0) is 0 Å². The highest BCUT2D eigenvalue weighted by Gasteiger charge is 2.11. The molecule has 8 heteroatoms. The van der Waals surface area contributed by atoms with Gasteiger partial charge in [0.2, 0.25) is 4.96 Å². The zero-order chi connectivity index (χ0) is 18.7. The number of hydrogen-bond donors (Lipinski definition) is 0. The minimum Gasteiger partial charge on any atom is -0.493 e. The molecule has 2 aromatic heterocycles. The van der Waals surface area contributed by atoms with Gasteiger partial charge in [0.05, 0.1) is 18.7 Å². The zero-order valence-corrected chi connectivity index (χ0v) is 16.2. The lowest BCUT2D eigenvalue weighted by molar-refractivity contribution is 0.294. The van der Waals surface area contributed by atoms with Crippen LogP contribution in [0.3, 0.4) is 0 Å². The van der Waals surface area contributed by atoms with Crippen LogP contribution in [0.15, 0.2) is 29.1 Å². The second-order valence-corrected chi connectivity index (χ2v) is 6.95. The molecule has 0 atom stereocenters. The van der Waals surface area contributed by atoms with Crippen molar-refractivity contribution in [3.8, 4) is 11.5 Å². The lowest BCUT2D eigenvalue weighted by atomic mass is 10.2. The van der Waals surface area contributed by atoms with Crippen LogP contribution in [-0.4, -0.2) is 28.3 Å². The molecule has 0 fully saturated rings. The Labute approximate surface area is 159 Å². The van der Waals surface area contributed by atoms with E-state index in [0.717, 1.165) is 12.0 Å². The number of rotatable bonds is 6. The predicted molar refractivity (Wildman–Crippen MR) is 104 cm³/mol. The molecule has 0 amide bonds. The van der Waals surface area contributed by atoms with E-state index >= 15 is 0 Å². The SMILES string of the molecule is CCCOc1ccc(/C=C(\Cl)c2nn3c(=O)cc(C)nc3s2)cc1OC. The molecule has 0 N–H and O–H groups in total. The fourth-order valence-corrected chi connectivity index (χ4v) is 3.47. The van der Waals surface area contributed by atoms with Gasteiger partial charge in [0.1, 0.15) is 0 Å². The fraction of sp³-hybridized carbons (Fsp3) is 0.278. The minimum absolute atomic E-state index is 0.224. The van der Waals surface area contributed by atoms with Crippen molar-refractivity contribution in [2.75, 3.05) is 13.7 Å². The van der Waals surface area contributed by atoms with Crippen LogP contribution in [0, 0.1) is 6.92 Å². The lowest BCUT2D eigenvalue weighted by Gasteiger charge is -2.10. The van der Waals surface area contributed by atoms with E-state index in [4.69, 9.17) is 21.1 Å². The molecule has 0 bridgehead atoms. The van der Waals surface area contributed by atoms with E-state index in [-0.39, 0.29) is 5.56 Å². The summed E-state index contributed by atoms with van der Waals surface area (Å²) in [5, 5.41) is 5.19. The van der Waals surface area contributed by atoms with Gasteiger partial charge in [0, 0.05) is 11.8 Å². The van der Waals surface area contributed by atoms with E-state index in [9.17, 15) is 4.79 Å². The second kappa shape index (κ2) is 7.88. The summed E-state index contributed by atoms with van der Waals surface area (Å²) in [6, 6.07) is 7.01. The fourth-order valence-electron chi connectivity index (χ4n) is 2.33. The molecule has 0 saturated carbocycles. The molecule has 0 aliphatic heterocycles. The Balaban J connectivity index is 1.94. The molecule has 0 unspecified atom stereocenters.